The van der Waals surface area contributed by atoms with Crippen molar-refractivity contribution in [3.63, 3.8) is 0 Å². The molecule has 0 N–H and O–H groups in total. The number of rotatable bonds is 2. The van der Waals surface area contributed by atoms with Crippen LogP contribution in [0.25, 0.3) is 10.9 Å². The van der Waals surface area contributed by atoms with Crippen LogP contribution in [-0.2, 0) is 0 Å². The molecule has 4 heteroatoms. The number of hydrogen-bond donors (Lipinski definition) is 0. The van der Waals surface area contributed by atoms with Crippen LogP contribution < -0.4 is 4.74 Å². The second kappa shape index (κ2) is 4.37. The maximum absolute atomic E-state index is 5.97. The molecule has 0 atom stereocenters. The number of hydrogen-bond acceptors (Lipinski definition) is 2. The molecule has 78 valence electrons. The van der Waals surface area contributed by atoms with E-state index in [4.69, 9.17) is 16.3 Å². The van der Waals surface area contributed by atoms with E-state index in [2.05, 4.69) is 20.9 Å². The molecule has 0 spiro atoms. The van der Waals surface area contributed by atoms with Gasteiger partial charge in [0, 0.05) is 16.1 Å². The Labute approximate surface area is 101 Å². The summed E-state index contributed by atoms with van der Waals surface area (Å²) in [6.45, 7) is 2.60. The van der Waals surface area contributed by atoms with Crippen LogP contribution in [-0.4, -0.2) is 11.6 Å². The molecule has 0 bridgehead atoms. The molecule has 0 saturated heterocycles. The molecule has 15 heavy (non-hydrogen) atoms. The summed E-state index contributed by atoms with van der Waals surface area (Å²) in [5.41, 5.74) is 0.898. The van der Waals surface area contributed by atoms with E-state index < -0.39 is 0 Å². The third kappa shape index (κ3) is 2.08. The van der Waals surface area contributed by atoms with E-state index in [9.17, 15) is 0 Å². The van der Waals surface area contributed by atoms with Crippen molar-refractivity contribution in [3.8, 4) is 5.75 Å². The van der Waals surface area contributed by atoms with Crippen molar-refractivity contribution < 1.29 is 4.74 Å². The molecule has 0 aliphatic carbocycles. The lowest BCUT2D eigenvalue weighted by atomic mass is 10.2. The Morgan fingerprint density at radius 2 is 2.27 bits per heavy atom. The van der Waals surface area contributed by atoms with Gasteiger partial charge >= 0.3 is 0 Å². The average molecular weight is 287 g/mol. The highest BCUT2D eigenvalue weighted by molar-refractivity contribution is 9.10. The summed E-state index contributed by atoms with van der Waals surface area (Å²) >= 11 is 9.41. The maximum Gasteiger partial charge on any atom is 0.120 e. The summed E-state index contributed by atoms with van der Waals surface area (Å²) in [5, 5.41) is 1.57. The van der Waals surface area contributed by atoms with E-state index in [1.807, 2.05) is 25.1 Å². The fourth-order valence-electron chi connectivity index (χ4n) is 1.37. The Kier molecular flexibility index (Phi) is 3.12. The number of fused-ring (bicyclic) bond motifs is 1. The zero-order valence-corrected chi connectivity index (χ0v) is 10.5. The topological polar surface area (TPSA) is 22.1 Å². The minimum atomic E-state index is 0.608. The first-order chi connectivity index (χ1) is 7.22. The van der Waals surface area contributed by atoms with Gasteiger partial charge in [-0.25, -0.2) is 0 Å². The van der Waals surface area contributed by atoms with Gasteiger partial charge in [0.25, 0.3) is 0 Å². The summed E-state index contributed by atoms with van der Waals surface area (Å²) < 4.78 is 6.27. The van der Waals surface area contributed by atoms with Gasteiger partial charge in [0.2, 0.25) is 0 Å². The van der Waals surface area contributed by atoms with Gasteiger partial charge in [0.1, 0.15) is 5.75 Å². The van der Waals surface area contributed by atoms with Crippen molar-refractivity contribution in [1.29, 1.82) is 0 Å². The molecule has 0 aliphatic heterocycles. The van der Waals surface area contributed by atoms with E-state index in [1.54, 1.807) is 6.20 Å². The zero-order valence-electron chi connectivity index (χ0n) is 8.13. The molecule has 0 unspecified atom stereocenters. The second-order valence-corrected chi connectivity index (χ2v) is 4.23. The second-order valence-electron chi connectivity index (χ2n) is 3.03. The van der Waals surface area contributed by atoms with Crippen LogP contribution in [0.4, 0.5) is 0 Å². The van der Waals surface area contributed by atoms with Crippen molar-refractivity contribution in [2.24, 2.45) is 0 Å². The van der Waals surface area contributed by atoms with Gasteiger partial charge < -0.3 is 4.74 Å². The normalized spacial score (nSPS) is 10.6. The predicted octanol–water partition coefficient (Wildman–Crippen LogP) is 4.05. The van der Waals surface area contributed by atoms with Crippen molar-refractivity contribution in [1.82, 2.24) is 4.98 Å². The number of pyridine rings is 1. The summed E-state index contributed by atoms with van der Waals surface area (Å²) in [7, 11) is 0. The monoisotopic (exact) mass is 285 g/mol. The van der Waals surface area contributed by atoms with Crippen LogP contribution in [0.3, 0.4) is 0 Å². The SMILES string of the molecule is CCOc1ccc2ncc(Cl)c(Br)c2c1. The zero-order chi connectivity index (χ0) is 10.8. The van der Waals surface area contributed by atoms with Crippen molar-refractivity contribution in [2.75, 3.05) is 6.61 Å². The Morgan fingerprint density at radius 1 is 1.47 bits per heavy atom. The Balaban J connectivity index is 2.63. The molecular formula is C11H9BrClNO. The van der Waals surface area contributed by atoms with Crippen LogP contribution >= 0.6 is 27.5 Å². The molecule has 1 aromatic heterocycles. The molecule has 0 radical (unpaired) electrons. The minimum absolute atomic E-state index is 0.608. The molecule has 0 saturated carbocycles. The lowest BCUT2D eigenvalue weighted by Crippen LogP contribution is -1.91. The van der Waals surface area contributed by atoms with E-state index in [0.29, 0.717) is 11.6 Å². The predicted molar refractivity (Wildman–Crippen MR) is 65.6 cm³/mol. The van der Waals surface area contributed by atoms with Crippen LogP contribution in [0.15, 0.2) is 28.9 Å². The van der Waals surface area contributed by atoms with E-state index in [0.717, 1.165) is 21.1 Å². The molecule has 2 nitrogen and oxygen atoms in total. The third-order valence-electron chi connectivity index (χ3n) is 2.04. The van der Waals surface area contributed by atoms with Crippen LogP contribution in [0.2, 0.25) is 5.02 Å². The summed E-state index contributed by atoms with van der Waals surface area (Å²) in [5.74, 6) is 0.828. The van der Waals surface area contributed by atoms with Crippen LogP contribution in [0.5, 0.6) is 5.75 Å². The number of halogens is 2. The largest absolute Gasteiger partial charge is 0.494 e. The fourth-order valence-corrected chi connectivity index (χ4v) is 1.94. The van der Waals surface area contributed by atoms with Gasteiger partial charge in [-0.05, 0) is 41.1 Å². The smallest absolute Gasteiger partial charge is 0.120 e. The summed E-state index contributed by atoms with van der Waals surface area (Å²) in [4.78, 5) is 4.23. The van der Waals surface area contributed by atoms with E-state index in [1.165, 1.54) is 0 Å². The summed E-state index contributed by atoms with van der Waals surface area (Å²) in [6, 6.07) is 5.75. The van der Waals surface area contributed by atoms with E-state index in [-0.39, 0.29) is 0 Å². The van der Waals surface area contributed by atoms with Gasteiger partial charge in [-0.2, -0.15) is 0 Å². The molecular weight excluding hydrogens is 277 g/mol. The highest BCUT2D eigenvalue weighted by Gasteiger charge is 2.05. The molecule has 0 fully saturated rings. The average Bonchev–Trinajstić information content (AvgIpc) is 2.25. The minimum Gasteiger partial charge on any atom is -0.494 e. The molecule has 2 aromatic rings. The lowest BCUT2D eigenvalue weighted by Gasteiger charge is -2.06. The Morgan fingerprint density at radius 3 is 3.00 bits per heavy atom. The van der Waals surface area contributed by atoms with Crippen LogP contribution in [0.1, 0.15) is 6.92 Å². The lowest BCUT2D eigenvalue weighted by molar-refractivity contribution is 0.340. The number of ether oxygens (including phenoxy) is 1. The van der Waals surface area contributed by atoms with E-state index >= 15 is 0 Å². The summed E-state index contributed by atoms with van der Waals surface area (Å²) in [6.07, 6.45) is 1.63. The first kappa shape index (κ1) is 10.7. The Hall–Kier alpha value is -0.800. The molecule has 2 rings (SSSR count). The van der Waals surface area contributed by atoms with Gasteiger partial charge in [-0.1, -0.05) is 11.6 Å². The molecule has 1 heterocycles. The number of aromatic nitrogens is 1. The number of benzene rings is 1. The van der Waals surface area contributed by atoms with Crippen molar-refractivity contribution >= 4 is 38.4 Å². The molecule has 1 aromatic carbocycles. The third-order valence-corrected chi connectivity index (χ3v) is 3.41. The first-order valence-electron chi connectivity index (χ1n) is 4.59. The number of nitrogens with zero attached hydrogens (tertiary/aromatic N) is 1. The molecule has 0 aliphatic rings. The highest BCUT2D eigenvalue weighted by atomic mass is 79.9. The van der Waals surface area contributed by atoms with Gasteiger partial charge in [-0.3, -0.25) is 4.98 Å². The Bertz CT molecular complexity index is 501. The maximum atomic E-state index is 5.97. The van der Waals surface area contributed by atoms with Crippen molar-refractivity contribution in [3.05, 3.63) is 33.9 Å². The quantitative estimate of drug-likeness (QED) is 0.831. The fraction of sp³-hybridized carbons (Fsp3) is 0.182. The standard InChI is InChI=1S/C11H9BrClNO/c1-2-15-7-3-4-10-8(5-7)11(12)9(13)6-14-10/h3-6H,2H2,1H3. The van der Waals surface area contributed by atoms with Crippen LogP contribution in [0, 0.1) is 0 Å². The van der Waals surface area contributed by atoms with Gasteiger partial charge in [0.15, 0.2) is 0 Å². The van der Waals surface area contributed by atoms with Crippen molar-refractivity contribution in [2.45, 2.75) is 6.92 Å². The van der Waals surface area contributed by atoms with Gasteiger partial charge in [-0.15, -0.1) is 0 Å². The molecule has 0 amide bonds. The first-order valence-corrected chi connectivity index (χ1v) is 5.76. The highest BCUT2D eigenvalue weighted by Crippen LogP contribution is 2.31. The van der Waals surface area contributed by atoms with Gasteiger partial charge in [0.05, 0.1) is 17.1 Å².